The number of aryl methyl sites for hydroxylation is 1. The number of hydrogen-bond acceptors (Lipinski definition) is 6. The fraction of sp³-hybridized carbons (Fsp3) is 0.618. The number of fused-ring (bicyclic) bond motifs is 5. The van der Waals surface area contributed by atoms with Crippen LogP contribution in [0.3, 0.4) is 0 Å². The number of carbonyl (C=O) groups excluding carboxylic acids is 1. The van der Waals surface area contributed by atoms with Gasteiger partial charge in [0, 0.05) is 29.1 Å². The second-order valence-electron chi connectivity index (χ2n) is 13.8. The maximum atomic E-state index is 13.6. The van der Waals surface area contributed by atoms with Crippen LogP contribution in [0, 0.1) is 17.8 Å². The molecule has 2 heterocycles. The lowest BCUT2D eigenvalue weighted by molar-refractivity contribution is 0.00827. The molecular weight excluding hydrogens is 584 g/mol. The summed E-state index contributed by atoms with van der Waals surface area (Å²) in [7, 11) is -3.85. The van der Waals surface area contributed by atoms with E-state index < -0.39 is 21.2 Å². The first-order chi connectivity index (χ1) is 20.7. The lowest BCUT2D eigenvalue weighted by Crippen LogP contribution is -2.49. The van der Waals surface area contributed by atoms with Crippen molar-refractivity contribution in [2.75, 3.05) is 24.6 Å². The number of hydrogen-bond donors (Lipinski definition) is 2. The van der Waals surface area contributed by atoms with Crippen LogP contribution in [0.25, 0.3) is 0 Å². The summed E-state index contributed by atoms with van der Waals surface area (Å²) in [6, 6.07) is 11.5. The molecule has 1 spiro atoms. The molecule has 2 fully saturated rings. The van der Waals surface area contributed by atoms with Gasteiger partial charge in [0.2, 0.25) is 10.0 Å². The summed E-state index contributed by atoms with van der Waals surface area (Å²) in [5, 5.41) is 11.5. The normalized spacial score (nSPS) is 34.0. The van der Waals surface area contributed by atoms with Gasteiger partial charge in [-0.15, -0.1) is 0 Å². The van der Waals surface area contributed by atoms with Gasteiger partial charge in [-0.05, 0) is 117 Å². The first kappa shape index (κ1) is 29.4. The van der Waals surface area contributed by atoms with E-state index in [1.165, 1.54) is 11.1 Å². The van der Waals surface area contributed by atoms with E-state index in [1.54, 1.807) is 6.07 Å². The monoisotopic (exact) mass is 626 g/mol. The van der Waals surface area contributed by atoms with E-state index in [0.29, 0.717) is 36.7 Å². The predicted octanol–water partition coefficient (Wildman–Crippen LogP) is 6.00. The molecular formula is C34H43ClN2O5S. The molecule has 7 nitrogen and oxygen atoms in total. The molecule has 5 aliphatic rings. The number of anilines is 1. The summed E-state index contributed by atoms with van der Waals surface area (Å²) in [6.45, 7) is 2.00. The summed E-state index contributed by atoms with van der Waals surface area (Å²) in [5.74, 6) is 0.720. The van der Waals surface area contributed by atoms with Crippen LogP contribution in [0.4, 0.5) is 5.69 Å². The van der Waals surface area contributed by atoms with Crippen molar-refractivity contribution in [3.05, 3.63) is 58.1 Å². The van der Waals surface area contributed by atoms with Crippen LogP contribution in [-0.4, -0.2) is 50.5 Å². The van der Waals surface area contributed by atoms with Gasteiger partial charge in [-0.25, -0.2) is 13.1 Å². The van der Waals surface area contributed by atoms with Crippen LogP contribution < -0.4 is 14.4 Å². The summed E-state index contributed by atoms with van der Waals surface area (Å²) in [4.78, 5) is 15.9. The molecule has 6 atom stereocenters. The van der Waals surface area contributed by atoms with Crippen LogP contribution in [0.1, 0.15) is 92.1 Å². The van der Waals surface area contributed by atoms with Crippen molar-refractivity contribution in [3.8, 4) is 5.75 Å². The quantitative estimate of drug-likeness (QED) is 0.372. The first-order valence-electron chi connectivity index (χ1n) is 16.3. The summed E-state index contributed by atoms with van der Waals surface area (Å²) >= 11 is 6.40. The topological polar surface area (TPSA) is 95.9 Å². The number of rotatable bonds is 0. The van der Waals surface area contributed by atoms with Gasteiger partial charge in [0.1, 0.15) is 5.75 Å². The highest BCUT2D eigenvalue weighted by molar-refractivity contribution is 7.90. The molecule has 3 aliphatic carbocycles. The lowest BCUT2D eigenvalue weighted by Gasteiger charge is -2.46. The van der Waals surface area contributed by atoms with Crippen molar-refractivity contribution in [2.24, 2.45) is 17.8 Å². The molecule has 1 unspecified atom stereocenters. The number of nitrogens with zero attached hydrogens (tertiary/aromatic N) is 1. The van der Waals surface area contributed by atoms with Gasteiger partial charge in [-0.3, -0.25) is 4.79 Å². The fourth-order valence-electron chi connectivity index (χ4n) is 8.85. The number of halogens is 1. The molecule has 0 aromatic heterocycles. The van der Waals surface area contributed by atoms with Gasteiger partial charge >= 0.3 is 0 Å². The molecule has 232 valence electrons. The minimum Gasteiger partial charge on any atom is -0.490 e. The highest BCUT2D eigenvalue weighted by atomic mass is 35.5. The zero-order valence-corrected chi connectivity index (χ0v) is 26.3. The molecule has 2 aromatic carbocycles. The predicted molar refractivity (Wildman–Crippen MR) is 168 cm³/mol. The number of amides is 1. The number of ether oxygens (including phenoxy) is 1. The minimum atomic E-state index is -3.85. The fourth-order valence-corrected chi connectivity index (χ4v) is 10.8. The van der Waals surface area contributed by atoms with Crippen LogP contribution in [0.15, 0.2) is 36.4 Å². The van der Waals surface area contributed by atoms with Crippen molar-refractivity contribution < 1.29 is 23.1 Å². The second-order valence-corrected chi connectivity index (χ2v) is 16.2. The molecule has 2 aromatic rings. The largest absolute Gasteiger partial charge is 0.490 e. The van der Waals surface area contributed by atoms with Crippen molar-refractivity contribution in [1.82, 2.24) is 4.72 Å². The zero-order valence-electron chi connectivity index (χ0n) is 24.8. The molecule has 2 N–H and O–H groups in total. The zero-order chi connectivity index (χ0) is 29.8. The highest BCUT2D eigenvalue weighted by Crippen LogP contribution is 2.47. The third kappa shape index (κ3) is 5.57. The van der Waals surface area contributed by atoms with Crippen molar-refractivity contribution in [3.63, 3.8) is 0 Å². The Hall–Kier alpha value is -2.29. The Morgan fingerprint density at radius 2 is 1.79 bits per heavy atom. The Labute approximate surface area is 260 Å². The number of sulfonamides is 1. The van der Waals surface area contributed by atoms with Gasteiger partial charge in [-0.1, -0.05) is 36.9 Å². The average Bonchev–Trinajstić information content (AvgIpc) is 3.11. The molecule has 43 heavy (non-hydrogen) atoms. The van der Waals surface area contributed by atoms with E-state index >= 15 is 0 Å². The van der Waals surface area contributed by atoms with Gasteiger partial charge in [0.25, 0.3) is 5.91 Å². The lowest BCUT2D eigenvalue weighted by atomic mass is 9.68. The van der Waals surface area contributed by atoms with Gasteiger partial charge in [-0.2, -0.15) is 0 Å². The number of carbonyl (C=O) groups is 1. The third-order valence-electron chi connectivity index (χ3n) is 11.3. The van der Waals surface area contributed by atoms with Gasteiger partial charge < -0.3 is 14.7 Å². The van der Waals surface area contributed by atoms with Crippen LogP contribution in [0.5, 0.6) is 5.75 Å². The standard InChI is InChI=1S/C34H43ClN2O5S/c35-26-12-14-28-23(17-26)7-4-16-34(28)20-37-19-25-10-13-27(25)30(38)8-3-6-22-5-1-2-9-32(22)43(40,41)36-33(39)24-11-15-31(42-21-34)29(37)18-24/h11-12,14-15,17-18,22,25,27,30,32,38H,1-10,13,16,19-21H2,(H,36,39)/t22?,25-,27+,30-,32-,34-/m0/s1. The van der Waals surface area contributed by atoms with E-state index in [4.69, 9.17) is 16.3 Å². The van der Waals surface area contributed by atoms with Crippen molar-refractivity contribution >= 4 is 33.2 Å². The molecule has 7 rings (SSSR count). The maximum absolute atomic E-state index is 13.6. The molecule has 9 heteroatoms. The van der Waals surface area contributed by atoms with E-state index in [1.807, 2.05) is 18.2 Å². The SMILES string of the molecule is O=C1NS(=O)(=O)[C@H]2CCCCC2CCC[C@H](O)[C@@H]2CC[C@H]2CN2C[C@@]3(CCCc4cc(Cl)ccc43)COc3ccc1cc32. The van der Waals surface area contributed by atoms with Crippen LogP contribution in [0.2, 0.25) is 5.02 Å². The van der Waals surface area contributed by atoms with E-state index in [0.717, 1.165) is 88.0 Å². The third-order valence-corrected chi connectivity index (χ3v) is 13.4. The molecule has 0 radical (unpaired) electrons. The summed E-state index contributed by atoms with van der Waals surface area (Å²) in [6.07, 6.45) is 10.3. The molecule has 2 bridgehead atoms. The molecule has 1 amide bonds. The smallest absolute Gasteiger partial charge is 0.264 e. The van der Waals surface area contributed by atoms with E-state index in [2.05, 4.69) is 21.8 Å². The minimum absolute atomic E-state index is 0.0109. The van der Waals surface area contributed by atoms with Crippen LogP contribution >= 0.6 is 11.6 Å². The van der Waals surface area contributed by atoms with Gasteiger partial charge in [0.15, 0.2) is 0 Å². The summed E-state index contributed by atoms with van der Waals surface area (Å²) in [5.41, 5.74) is 3.46. The Morgan fingerprint density at radius 3 is 2.63 bits per heavy atom. The van der Waals surface area contributed by atoms with E-state index in [9.17, 15) is 18.3 Å². The number of benzene rings is 2. The first-order valence-corrected chi connectivity index (χ1v) is 18.2. The second kappa shape index (κ2) is 11.6. The Morgan fingerprint density at radius 1 is 0.953 bits per heavy atom. The van der Waals surface area contributed by atoms with Crippen LogP contribution in [-0.2, 0) is 21.9 Å². The van der Waals surface area contributed by atoms with E-state index in [-0.39, 0.29) is 23.4 Å². The molecule has 0 saturated heterocycles. The number of aliphatic hydroxyl groups excluding tert-OH is 1. The molecule has 2 aliphatic heterocycles. The van der Waals surface area contributed by atoms with Gasteiger partial charge in [0.05, 0.1) is 23.6 Å². The maximum Gasteiger partial charge on any atom is 0.264 e. The number of nitrogens with one attached hydrogen (secondary N) is 1. The Balaban J connectivity index is 1.28. The molecule has 2 saturated carbocycles. The highest BCUT2D eigenvalue weighted by Gasteiger charge is 2.45. The average molecular weight is 627 g/mol. The Kier molecular flexibility index (Phi) is 7.92. The summed E-state index contributed by atoms with van der Waals surface area (Å²) < 4.78 is 36.2. The van der Waals surface area contributed by atoms with Crippen molar-refractivity contribution in [2.45, 2.75) is 93.8 Å². The Bertz CT molecular complexity index is 1500. The van der Waals surface area contributed by atoms with Crippen molar-refractivity contribution in [1.29, 1.82) is 0 Å². The number of aliphatic hydroxyl groups is 1.